The Labute approximate surface area is 163 Å². The van der Waals surface area contributed by atoms with Crippen molar-refractivity contribution in [2.75, 3.05) is 0 Å². The Morgan fingerprint density at radius 1 is 1.11 bits per heavy atom. The standard InChI is InChI=1S/C20H22N4O3S/c25-19-12-13-4-3-6-17(13)22-24(19)15-10-8-14(9-11-15)21-20-16-5-1-2-7-18(16)28(26,27)23-20/h1-2,5,7,12,14-15H,3-4,6,8-11H2,(H,21,23). The van der Waals surface area contributed by atoms with E-state index in [0.717, 1.165) is 56.2 Å². The van der Waals surface area contributed by atoms with Crippen molar-refractivity contribution >= 4 is 15.9 Å². The first-order chi connectivity index (χ1) is 13.5. The van der Waals surface area contributed by atoms with E-state index < -0.39 is 10.0 Å². The lowest BCUT2D eigenvalue weighted by atomic mass is 9.91. The van der Waals surface area contributed by atoms with Gasteiger partial charge in [-0.25, -0.2) is 13.1 Å². The summed E-state index contributed by atoms with van der Waals surface area (Å²) in [6, 6.07) is 8.82. The summed E-state index contributed by atoms with van der Waals surface area (Å²) < 4.78 is 28.7. The number of nitrogens with zero attached hydrogens (tertiary/aromatic N) is 3. The van der Waals surface area contributed by atoms with Crippen LogP contribution in [0, 0.1) is 0 Å². The number of amidine groups is 1. The molecular formula is C20H22N4O3S. The summed E-state index contributed by atoms with van der Waals surface area (Å²) in [5, 5.41) is 4.63. The summed E-state index contributed by atoms with van der Waals surface area (Å²) >= 11 is 0. The third-order valence-corrected chi connectivity index (χ3v) is 7.37. The van der Waals surface area contributed by atoms with Crippen LogP contribution in [0.5, 0.6) is 0 Å². The molecule has 7 nitrogen and oxygen atoms in total. The Balaban J connectivity index is 1.34. The van der Waals surface area contributed by atoms with Gasteiger partial charge < -0.3 is 0 Å². The highest BCUT2D eigenvalue weighted by atomic mass is 32.2. The largest absolute Gasteiger partial charge is 0.268 e. The molecule has 2 heterocycles. The lowest BCUT2D eigenvalue weighted by Crippen LogP contribution is -2.32. The molecule has 0 radical (unpaired) electrons. The summed E-state index contributed by atoms with van der Waals surface area (Å²) in [7, 11) is -3.51. The van der Waals surface area contributed by atoms with Gasteiger partial charge in [-0.15, -0.1) is 0 Å². The van der Waals surface area contributed by atoms with E-state index in [1.54, 1.807) is 28.9 Å². The molecule has 28 heavy (non-hydrogen) atoms. The molecule has 0 unspecified atom stereocenters. The number of benzene rings is 1. The fourth-order valence-corrected chi connectivity index (χ4v) is 5.76. The minimum Gasteiger partial charge on any atom is -0.268 e. The highest BCUT2D eigenvalue weighted by molar-refractivity contribution is 7.90. The molecule has 8 heteroatoms. The van der Waals surface area contributed by atoms with Crippen LogP contribution >= 0.6 is 0 Å². The van der Waals surface area contributed by atoms with E-state index in [9.17, 15) is 13.2 Å². The van der Waals surface area contributed by atoms with E-state index in [-0.39, 0.29) is 22.5 Å². The molecule has 1 aromatic carbocycles. The lowest BCUT2D eigenvalue weighted by molar-refractivity contribution is 0.294. The summed E-state index contributed by atoms with van der Waals surface area (Å²) in [5.41, 5.74) is 2.81. The van der Waals surface area contributed by atoms with Gasteiger partial charge in [0.05, 0.1) is 22.7 Å². The van der Waals surface area contributed by atoms with Crippen LogP contribution in [0.3, 0.4) is 0 Å². The lowest BCUT2D eigenvalue weighted by Gasteiger charge is -2.27. The van der Waals surface area contributed by atoms with Crippen molar-refractivity contribution < 1.29 is 8.42 Å². The molecule has 0 bridgehead atoms. The Kier molecular flexibility index (Phi) is 4.12. The average Bonchev–Trinajstić information content (AvgIpc) is 3.24. The molecular weight excluding hydrogens is 376 g/mol. The number of sulfonamides is 1. The number of hydrogen-bond donors (Lipinski definition) is 1. The van der Waals surface area contributed by atoms with E-state index in [2.05, 4.69) is 9.82 Å². The van der Waals surface area contributed by atoms with E-state index in [4.69, 9.17) is 4.99 Å². The van der Waals surface area contributed by atoms with Crippen LogP contribution in [0.2, 0.25) is 0 Å². The number of aromatic nitrogens is 2. The fourth-order valence-electron chi connectivity index (χ4n) is 4.52. The van der Waals surface area contributed by atoms with Crippen LogP contribution in [-0.4, -0.2) is 30.1 Å². The van der Waals surface area contributed by atoms with Gasteiger partial charge in [0, 0.05) is 11.6 Å². The van der Waals surface area contributed by atoms with Gasteiger partial charge in [0.25, 0.3) is 15.6 Å². The third-order valence-electron chi connectivity index (χ3n) is 5.97. The summed E-state index contributed by atoms with van der Waals surface area (Å²) in [6.45, 7) is 0. The zero-order valence-corrected chi connectivity index (χ0v) is 16.3. The maximum atomic E-state index is 12.4. The Morgan fingerprint density at radius 2 is 1.89 bits per heavy atom. The number of aryl methyl sites for hydroxylation is 2. The zero-order chi connectivity index (χ0) is 19.3. The van der Waals surface area contributed by atoms with Crippen LogP contribution in [0.15, 0.2) is 45.0 Å². The quantitative estimate of drug-likeness (QED) is 0.837. The number of rotatable bonds is 2. The van der Waals surface area contributed by atoms with Crippen molar-refractivity contribution in [2.24, 2.45) is 4.99 Å². The number of hydrogen-bond acceptors (Lipinski definition) is 5. The van der Waals surface area contributed by atoms with Gasteiger partial charge in [0.15, 0.2) is 0 Å². The maximum absolute atomic E-state index is 12.4. The van der Waals surface area contributed by atoms with Crippen molar-refractivity contribution in [2.45, 2.75) is 61.9 Å². The van der Waals surface area contributed by atoms with Crippen molar-refractivity contribution in [3.63, 3.8) is 0 Å². The molecule has 1 aliphatic heterocycles. The second kappa shape index (κ2) is 6.55. The number of nitrogens with one attached hydrogen (secondary N) is 1. The van der Waals surface area contributed by atoms with Gasteiger partial charge in [-0.1, -0.05) is 12.1 Å². The molecule has 1 aromatic heterocycles. The molecule has 3 aliphatic rings. The second-order valence-electron chi connectivity index (χ2n) is 7.79. The van der Waals surface area contributed by atoms with E-state index in [0.29, 0.717) is 11.4 Å². The van der Waals surface area contributed by atoms with Crippen molar-refractivity contribution in [3.8, 4) is 0 Å². The molecule has 0 spiro atoms. The molecule has 1 saturated carbocycles. The first kappa shape index (κ1) is 17.6. The normalized spacial score (nSPS) is 26.6. The highest BCUT2D eigenvalue weighted by Crippen LogP contribution is 2.31. The Bertz CT molecular complexity index is 1130. The maximum Gasteiger partial charge on any atom is 0.267 e. The fraction of sp³-hybridized carbons (Fsp3) is 0.450. The van der Waals surface area contributed by atoms with Crippen LogP contribution < -0.4 is 10.3 Å². The Morgan fingerprint density at radius 3 is 2.71 bits per heavy atom. The van der Waals surface area contributed by atoms with Crippen LogP contribution in [-0.2, 0) is 22.9 Å². The van der Waals surface area contributed by atoms with Gasteiger partial charge in [-0.05, 0) is 62.6 Å². The first-order valence-corrected chi connectivity index (χ1v) is 11.3. The first-order valence-electron chi connectivity index (χ1n) is 9.83. The van der Waals surface area contributed by atoms with Crippen molar-refractivity contribution in [1.82, 2.24) is 14.5 Å². The van der Waals surface area contributed by atoms with Crippen molar-refractivity contribution in [1.29, 1.82) is 0 Å². The zero-order valence-electron chi connectivity index (χ0n) is 15.5. The molecule has 5 rings (SSSR count). The Hall–Kier alpha value is -2.48. The molecule has 1 fully saturated rings. The molecule has 0 amide bonds. The predicted octanol–water partition coefficient (Wildman–Crippen LogP) is 1.95. The van der Waals surface area contributed by atoms with E-state index in [1.165, 1.54) is 0 Å². The third kappa shape index (κ3) is 2.96. The van der Waals surface area contributed by atoms with E-state index >= 15 is 0 Å². The second-order valence-corrected chi connectivity index (χ2v) is 9.45. The molecule has 2 aromatic rings. The topological polar surface area (TPSA) is 93.4 Å². The summed E-state index contributed by atoms with van der Waals surface area (Å²) in [4.78, 5) is 17.4. The smallest absolute Gasteiger partial charge is 0.267 e. The molecule has 0 saturated heterocycles. The monoisotopic (exact) mass is 398 g/mol. The average molecular weight is 398 g/mol. The van der Waals surface area contributed by atoms with Gasteiger partial charge in [-0.2, -0.15) is 5.10 Å². The number of aliphatic imine (C=N–C) groups is 1. The van der Waals surface area contributed by atoms with E-state index in [1.807, 2.05) is 6.07 Å². The molecule has 0 atom stereocenters. The summed E-state index contributed by atoms with van der Waals surface area (Å²) in [5.74, 6) is 0.437. The minimum absolute atomic E-state index is 0.00658. The highest BCUT2D eigenvalue weighted by Gasteiger charge is 2.32. The molecule has 2 aliphatic carbocycles. The number of fused-ring (bicyclic) bond motifs is 2. The minimum atomic E-state index is -3.51. The van der Waals surface area contributed by atoms with Gasteiger partial charge in [0.1, 0.15) is 5.84 Å². The molecule has 1 N–H and O–H groups in total. The van der Waals surface area contributed by atoms with Gasteiger partial charge >= 0.3 is 0 Å². The van der Waals surface area contributed by atoms with Gasteiger partial charge in [-0.3, -0.25) is 14.5 Å². The van der Waals surface area contributed by atoms with Gasteiger partial charge in [0.2, 0.25) is 0 Å². The predicted molar refractivity (Wildman–Crippen MR) is 105 cm³/mol. The van der Waals surface area contributed by atoms with Crippen LogP contribution in [0.25, 0.3) is 0 Å². The summed E-state index contributed by atoms with van der Waals surface area (Å²) in [6.07, 6.45) is 6.25. The van der Waals surface area contributed by atoms with Crippen molar-refractivity contribution in [3.05, 3.63) is 57.5 Å². The SMILES string of the molecule is O=c1cc2c(nn1C1CCC(N=C3NS(=O)(=O)c4ccccc43)CC1)CCC2. The van der Waals surface area contributed by atoms with Crippen LogP contribution in [0.1, 0.15) is 55.0 Å². The van der Waals surface area contributed by atoms with Crippen LogP contribution in [0.4, 0.5) is 0 Å². The molecule has 146 valence electrons.